The zero-order chi connectivity index (χ0) is 18.8. The van der Waals surface area contributed by atoms with Gasteiger partial charge >= 0.3 is 0 Å². The maximum absolute atomic E-state index is 12.6. The maximum atomic E-state index is 12.6. The van der Waals surface area contributed by atoms with Crippen LogP contribution in [0.3, 0.4) is 0 Å². The normalized spacial score (nSPS) is 12.6. The third-order valence-electron chi connectivity index (χ3n) is 4.94. The summed E-state index contributed by atoms with van der Waals surface area (Å²) in [6, 6.07) is 11.0. The first kappa shape index (κ1) is 17.1. The number of aryl methyl sites for hydroxylation is 2. The minimum Gasteiger partial charge on any atom is -0.348 e. The van der Waals surface area contributed by atoms with Gasteiger partial charge in [0.25, 0.3) is 5.56 Å². The highest BCUT2D eigenvalue weighted by Gasteiger charge is 2.15. The number of hydrogen-bond acceptors (Lipinski definition) is 5. The van der Waals surface area contributed by atoms with Crippen molar-refractivity contribution in [2.75, 3.05) is 11.9 Å². The van der Waals surface area contributed by atoms with Crippen LogP contribution in [0.15, 0.2) is 53.6 Å². The summed E-state index contributed by atoms with van der Waals surface area (Å²) in [5, 5.41) is 3.02. The predicted molar refractivity (Wildman–Crippen MR) is 104 cm³/mol. The molecule has 0 radical (unpaired) electrons. The van der Waals surface area contributed by atoms with E-state index in [1.54, 1.807) is 31.6 Å². The highest BCUT2D eigenvalue weighted by Crippen LogP contribution is 2.23. The highest BCUT2D eigenvalue weighted by atomic mass is 16.1. The fourth-order valence-corrected chi connectivity index (χ4v) is 3.37. The fourth-order valence-electron chi connectivity index (χ4n) is 3.37. The minimum absolute atomic E-state index is 0.0201. The minimum atomic E-state index is -0.190. The van der Waals surface area contributed by atoms with E-state index in [0.717, 1.165) is 24.8 Å². The van der Waals surface area contributed by atoms with E-state index < -0.39 is 0 Å². The van der Waals surface area contributed by atoms with E-state index >= 15 is 0 Å². The molecule has 0 aliphatic heterocycles. The molecule has 3 aromatic rings. The number of benzene rings is 1. The Hall–Kier alpha value is -3.28. The van der Waals surface area contributed by atoms with Crippen LogP contribution < -0.4 is 10.9 Å². The second kappa shape index (κ2) is 7.15. The Morgan fingerprint density at radius 2 is 1.89 bits per heavy atom. The number of pyridine rings is 1. The second-order valence-corrected chi connectivity index (χ2v) is 6.71. The van der Waals surface area contributed by atoms with E-state index in [0.29, 0.717) is 17.2 Å². The summed E-state index contributed by atoms with van der Waals surface area (Å²) >= 11 is 0. The van der Waals surface area contributed by atoms with Crippen LogP contribution in [0.5, 0.6) is 0 Å². The summed E-state index contributed by atoms with van der Waals surface area (Å²) in [5.41, 5.74) is 4.46. The van der Waals surface area contributed by atoms with Gasteiger partial charge in [-0.2, -0.15) is 0 Å². The topological polar surface area (TPSA) is 76.9 Å². The molecular formula is C21H20N4O2. The van der Waals surface area contributed by atoms with Gasteiger partial charge < -0.3 is 5.32 Å². The van der Waals surface area contributed by atoms with Crippen molar-refractivity contribution in [2.24, 2.45) is 7.05 Å². The summed E-state index contributed by atoms with van der Waals surface area (Å²) in [7, 11) is 1.63. The Bertz CT molecular complexity index is 1060. The van der Waals surface area contributed by atoms with Crippen molar-refractivity contribution in [2.45, 2.75) is 19.3 Å². The van der Waals surface area contributed by atoms with Crippen LogP contribution in [-0.4, -0.2) is 26.9 Å². The van der Waals surface area contributed by atoms with Crippen LogP contribution in [0.2, 0.25) is 0 Å². The molecule has 1 aliphatic carbocycles. The average Bonchev–Trinajstić information content (AvgIpc) is 3.17. The van der Waals surface area contributed by atoms with Crippen LogP contribution in [-0.2, 0) is 19.9 Å². The van der Waals surface area contributed by atoms with Gasteiger partial charge in [0.05, 0.1) is 12.2 Å². The van der Waals surface area contributed by atoms with E-state index in [9.17, 15) is 9.59 Å². The summed E-state index contributed by atoms with van der Waals surface area (Å²) in [6.07, 6.45) is 6.58. The first-order valence-electron chi connectivity index (χ1n) is 8.99. The predicted octanol–water partition coefficient (Wildman–Crippen LogP) is 2.63. The van der Waals surface area contributed by atoms with Gasteiger partial charge in [0.1, 0.15) is 0 Å². The molecule has 0 atom stereocenters. The molecule has 0 bridgehead atoms. The fraction of sp³-hybridized carbons (Fsp3) is 0.238. The van der Waals surface area contributed by atoms with Crippen LogP contribution >= 0.6 is 0 Å². The molecule has 0 saturated carbocycles. The van der Waals surface area contributed by atoms with Crippen molar-refractivity contribution in [3.8, 4) is 11.3 Å². The quantitative estimate of drug-likeness (QED) is 0.708. The second-order valence-electron chi connectivity index (χ2n) is 6.71. The number of aromatic nitrogens is 3. The molecule has 4 rings (SSSR count). The zero-order valence-electron chi connectivity index (χ0n) is 15.1. The first-order chi connectivity index (χ1) is 13.1. The maximum Gasteiger partial charge on any atom is 0.255 e. The number of hydrogen-bond donors (Lipinski definition) is 1. The van der Waals surface area contributed by atoms with Crippen molar-refractivity contribution in [3.05, 3.63) is 75.8 Å². The molecule has 0 saturated heterocycles. The zero-order valence-corrected chi connectivity index (χ0v) is 15.1. The van der Waals surface area contributed by atoms with Gasteiger partial charge in [0.2, 0.25) is 5.95 Å². The molecule has 2 aromatic heterocycles. The number of carbonyl (C=O) groups is 1. The van der Waals surface area contributed by atoms with Crippen molar-refractivity contribution < 1.29 is 4.79 Å². The lowest BCUT2D eigenvalue weighted by Crippen LogP contribution is -2.24. The van der Waals surface area contributed by atoms with Crippen LogP contribution in [0, 0.1) is 0 Å². The Balaban J connectivity index is 1.55. The van der Waals surface area contributed by atoms with Crippen LogP contribution in [0.1, 0.15) is 27.9 Å². The number of anilines is 1. The highest BCUT2D eigenvalue weighted by molar-refractivity contribution is 5.99. The molecule has 1 aromatic carbocycles. The molecule has 2 heterocycles. The molecule has 0 unspecified atom stereocenters. The van der Waals surface area contributed by atoms with E-state index in [1.165, 1.54) is 21.8 Å². The van der Waals surface area contributed by atoms with Crippen molar-refractivity contribution >= 4 is 11.7 Å². The lowest BCUT2D eigenvalue weighted by molar-refractivity contribution is 0.101. The van der Waals surface area contributed by atoms with E-state index in [1.807, 2.05) is 18.2 Å². The summed E-state index contributed by atoms with van der Waals surface area (Å²) in [6.45, 7) is 0.0822. The van der Waals surface area contributed by atoms with Gasteiger partial charge in [-0.15, -0.1) is 0 Å². The van der Waals surface area contributed by atoms with Crippen LogP contribution in [0.4, 0.5) is 5.95 Å². The summed E-state index contributed by atoms with van der Waals surface area (Å²) < 4.78 is 1.40. The molecule has 0 fully saturated rings. The van der Waals surface area contributed by atoms with E-state index in [4.69, 9.17) is 0 Å². The lowest BCUT2D eigenvalue weighted by Gasteiger charge is -2.11. The van der Waals surface area contributed by atoms with Crippen molar-refractivity contribution in [1.29, 1.82) is 0 Å². The number of Topliss-reactive ketones (excluding diaryl/α,β-unsaturated/α-hetero) is 1. The Labute approximate surface area is 156 Å². The van der Waals surface area contributed by atoms with E-state index in [-0.39, 0.29) is 17.9 Å². The summed E-state index contributed by atoms with van der Waals surface area (Å²) in [4.78, 5) is 33.3. The monoisotopic (exact) mass is 360 g/mol. The molecule has 0 spiro atoms. The van der Waals surface area contributed by atoms with Crippen molar-refractivity contribution in [1.82, 2.24) is 14.5 Å². The summed E-state index contributed by atoms with van der Waals surface area (Å²) in [5.74, 6) is 0.345. The number of carbonyl (C=O) groups excluding carboxylic acids is 1. The molecule has 136 valence electrons. The number of ketones is 1. The molecule has 0 amide bonds. The molecule has 1 N–H and O–H groups in total. The van der Waals surface area contributed by atoms with Gasteiger partial charge in [0, 0.05) is 36.6 Å². The number of nitrogens with one attached hydrogen (secondary N) is 1. The van der Waals surface area contributed by atoms with Gasteiger partial charge in [0.15, 0.2) is 5.78 Å². The van der Waals surface area contributed by atoms with Gasteiger partial charge in [-0.3, -0.25) is 19.1 Å². The third kappa shape index (κ3) is 3.51. The largest absolute Gasteiger partial charge is 0.348 e. The third-order valence-corrected chi connectivity index (χ3v) is 4.94. The molecular weight excluding hydrogens is 340 g/mol. The Morgan fingerprint density at radius 3 is 2.70 bits per heavy atom. The number of fused-ring (bicyclic) bond motifs is 1. The van der Waals surface area contributed by atoms with Gasteiger partial charge in [-0.05, 0) is 48.6 Å². The standard InChI is InChI=1S/C21H20N4O2/c1-25-20(27)12-18(15-7-9-22-10-8-15)24-21(25)23-13-19(26)17-6-5-14-3-2-4-16(14)11-17/h5-12H,2-4,13H2,1H3,(H,23,24). The number of nitrogens with zero attached hydrogens (tertiary/aromatic N) is 3. The van der Waals surface area contributed by atoms with Gasteiger partial charge in [-0.25, -0.2) is 4.98 Å². The Kier molecular flexibility index (Phi) is 4.54. The molecule has 1 aliphatic rings. The number of rotatable bonds is 5. The van der Waals surface area contributed by atoms with Crippen LogP contribution in [0.25, 0.3) is 11.3 Å². The molecule has 6 heteroatoms. The van der Waals surface area contributed by atoms with Gasteiger partial charge in [-0.1, -0.05) is 12.1 Å². The van der Waals surface area contributed by atoms with Crippen molar-refractivity contribution in [3.63, 3.8) is 0 Å². The smallest absolute Gasteiger partial charge is 0.255 e. The molecule has 6 nitrogen and oxygen atoms in total. The SMILES string of the molecule is Cn1c(NCC(=O)c2ccc3c(c2)CCC3)nc(-c2ccncc2)cc1=O. The average molecular weight is 360 g/mol. The molecule has 27 heavy (non-hydrogen) atoms. The Morgan fingerprint density at radius 1 is 1.11 bits per heavy atom. The van der Waals surface area contributed by atoms with E-state index in [2.05, 4.69) is 15.3 Å². The lowest BCUT2D eigenvalue weighted by atomic mass is 10.0. The first-order valence-corrected chi connectivity index (χ1v) is 8.99.